The zero-order valence-electron chi connectivity index (χ0n) is 6.47. The Morgan fingerprint density at radius 1 is 1.50 bits per heavy atom. The molecule has 2 aromatic rings. The molecule has 1 aromatic carbocycles. The summed E-state index contributed by atoms with van der Waals surface area (Å²) in [5.41, 5.74) is 1.26. The summed E-state index contributed by atoms with van der Waals surface area (Å²) in [6.45, 7) is 2.08. The predicted molar refractivity (Wildman–Crippen MR) is 60.9 cm³/mol. The van der Waals surface area contributed by atoms with Gasteiger partial charge in [0.2, 0.25) is 0 Å². The van der Waals surface area contributed by atoms with E-state index in [0.29, 0.717) is 5.75 Å². The number of thiophene rings is 1. The molecule has 0 unspecified atom stereocenters. The van der Waals surface area contributed by atoms with Crippen molar-refractivity contribution < 1.29 is 5.11 Å². The van der Waals surface area contributed by atoms with Crippen molar-refractivity contribution in [3.63, 3.8) is 0 Å². The minimum absolute atomic E-state index is 0.390. The number of aryl methyl sites for hydroxylation is 1. The molecule has 0 aliphatic rings. The minimum atomic E-state index is 0.390. The second-order valence-electron chi connectivity index (χ2n) is 2.67. The lowest BCUT2D eigenvalue weighted by atomic mass is 10.2. The van der Waals surface area contributed by atoms with Crippen molar-refractivity contribution >= 4 is 44.0 Å². The fourth-order valence-electron chi connectivity index (χ4n) is 1.22. The van der Waals surface area contributed by atoms with Gasteiger partial charge >= 0.3 is 0 Å². The van der Waals surface area contributed by atoms with Crippen molar-refractivity contribution in [1.29, 1.82) is 0 Å². The van der Waals surface area contributed by atoms with E-state index in [-0.39, 0.29) is 0 Å². The molecule has 0 spiro atoms. The molecule has 2 rings (SSSR count). The number of fused-ring (bicyclic) bond motifs is 1. The van der Waals surface area contributed by atoms with Gasteiger partial charge in [0.1, 0.15) is 5.75 Å². The molecular weight excluding hydrogens is 283 g/mol. The van der Waals surface area contributed by atoms with Crippen LogP contribution in [0.1, 0.15) is 5.56 Å². The summed E-state index contributed by atoms with van der Waals surface area (Å²) in [5, 5.41) is 12.5. The topological polar surface area (TPSA) is 20.2 Å². The van der Waals surface area contributed by atoms with E-state index in [4.69, 9.17) is 0 Å². The molecule has 0 saturated carbocycles. The van der Waals surface area contributed by atoms with Crippen LogP contribution in [-0.4, -0.2) is 5.11 Å². The molecule has 0 aliphatic carbocycles. The van der Waals surface area contributed by atoms with E-state index in [1.165, 1.54) is 10.3 Å². The minimum Gasteiger partial charge on any atom is -0.507 e. The molecule has 0 saturated heterocycles. The fraction of sp³-hybridized carbons (Fsp3) is 0.111. The Balaban J connectivity index is 2.97. The highest BCUT2D eigenvalue weighted by atomic mass is 127. The quantitative estimate of drug-likeness (QED) is 0.736. The molecule has 12 heavy (non-hydrogen) atoms. The maximum absolute atomic E-state index is 9.57. The normalized spacial score (nSPS) is 10.8. The van der Waals surface area contributed by atoms with E-state index in [0.717, 1.165) is 8.96 Å². The molecule has 62 valence electrons. The Hall–Kier alpha value is -0.290. The lowest BCUT2D eigenvalue weighted by molar-refractivity contribution is 0.481. The van der Waals surface area contributed by atoms with Gasteiger partial charge in [-0.15, -0.1) is 11.3 Å². The van der Waals surface area contributed by atoms with Crippen LogP contribution in [0.3, 0.4) is 0 Å². The monoisotopic (exact) mass is 290 g/mol. The van der Waals surface area contributed by atoms with Crippen molar-refractivity contribution in [1.82, 2.24) is 0 Å². The smallest absolute Gasteiger partial charge is 0.125 e. The highest BCUT2D eigenvalue weighted by Crippen LogP contribution is 2.34. The largest absolute Gasteiger partial charge is 0.507 e. The van der Waals surface area contributed by atoms with E-state index in [1.807, 2.05) is 17.5 Å². The van der Waals surface area contributed by atoms with Gasteiger partial charge in [-0.2, -0.15) is 0 Å². The zero-order valence-corrected chi connectivity index (χ0v) is 9.44. The Morgan fingerprint density at radius 2 is 2.25 bits per heavy atom. The van der Waals surface area contributed by atoms with Crippen molar-refractivity contribution in [3.05, 3.63) is 26.6 Å². The third kappa shape index (κ3) is 1.11. The molecule has 0 amide bonds. The van der Waals surface area contributed by atoms with Crippen LogP contribution in [0.15, 0.2) is 17.5 Å². The van der Waals surface area contributed by atoms with E-state index >= 15 is 0 Å². The van der Waals surface area contributed by atoms with Crippen molar-refractivity contribution in [2.24, 2.45) is 0 Å². The molecule has 3 heteroatoms. The lowest BCUT2D eigenvalue weighted by Gasteiger charge is -2.01. The standard InChI is InChI=1S/C9H7IOS/c1-5-7(10)4-8(11)6-2-3-12-9(5)6/h2-4,11H,1H3. The first-order valence-electron chi connectivity index (χ1n) is 3.55. The fourth-order valence-corrected chi connectivity index (χ4v) is 2.89. The van der Waals surface area contributed by atoms with Crippen LogP contribution >= 0.6 is 33.9 Å². The third-order valence-electron chi connectivity index (χ3n) is 1.90. The number of phenols is 1. The average molecular weight is 290 g/mol. The molecule has 0 aliphatic heterocycles. The summed E-state index contributed by atoms with van der Waals surface area (Å²) in [4.78, 5) is 0. The molecule has 1 aromatic heterocycles. The molecule has 0 fully saturated rings. The van der Waals surface area contributed by atoms with Crippen LogP contribution in [0.5, 0.6) is 5.75 Å². The van der Waals surface area contributed by atoms with Crippen LogP contribution in [0, 0.1) is 10.5 Å². The third-order valence-corrected chi connectivity index (χ3v) is 4.06. The summed E-state index contributed by atoms with van der Waals surface area (Å²) in [7, 11) is 0. The van der Waals surface area contributed by atoms with Gasteiger partial charge in [-0.05, 0) is 52.6 Å². The average Bonchev–Trinajstić information content (AvgIpc) is 2.48. The van der Waals surface area contributed by atoms with Crippen LogP contribution in [0.25, 0.3) is 10.1 Å². The van der Waals surface area contributed by atoms with Gasteiger partial charge in [-0.3, -0.25) is 0 Å². The summed E-state index contributed by atoms with van der Waals surface area (Å²) in [6, 6.07) is 3.77. The van der Waals surface area contributed by atoms with E-state index < -0.39 is 0 Å². The number of halogens is 1. The van der Waals surface area contributed by atoms with Crippen LogP contribution < -0.4 is 0 Å². The summed E-state index contributed by atoms with van der Waals surface area (Å²) >= 11 is 3.92. The SMILES string of the molecule is Cc1c(I)cc(O)c2ccsc12. The van der Waals surface area contributed by atoms with Crippen molar-refractivity contribution in [2.45, 2.75) is 6.92 Å². The van der Waals surface area contributed by atoms with Crippen LogP contribution in [0.4, 0.5) is 0 Å². The van der Waals surface area contributed by atoms with Gasteiger partial charge in [-0.25, -0.2) is 0 Å². The zero-order chi connectivity index (χ0) is 8.72. The van der Waals surface area contributed by atoms with Gasteiger partial charge in [0.25, 0.3) is 0 Å². The number of hydrogen-bond donors (Lipinski definition) is 1. The number of aromatic hydroxyl groups is 1. The van der Waals surface area contributed by atoms with Gasteiger partial charge in [0.05, 0.1) is 0 Å². The molecule has 1 N–H and O–H groups in total. The molecular formula is C9H7IOS. The maximum atomic E-state index is 9.57. The highest BCUT2D eigenvalue weighted by molar-refractivity contribution is 14.1. The van der Waals surface area contributed by atoms with Crippen molar-refractivity contribution in [2.75, 3.05) is 0 Å². The van der Waals surface area contributed by atoms with Gasteiger partial charge in [-0.1, -0.05) is 0 Å². The number of phenolic OH excluding ortho intramolecular Hbond substituents is 1. The van der Waals surface area contributed by atoms with Crippen molar-refractivity contribution in [3.8, 4) is 5.75 Å². The van der Waals surface area contributed by atoms with Crippen LogP contribution in [-0.2, 0) is 0 Å². The Morgan fingerprint density at radius 3 is 3.00 bits per heavy atom. The predicted octanol–water partition coefficient (Wildman–Crippen LogP) is 3.52. The van der Waals surface area contributed by atoms with Gasteiger partial charge in [0, 0.05) is 13.7 Å². The second-order valence-corrected chi connectivity index (χ2v) is 4.74. The molecule has 0 bridgehead atoms. The first kappa shape index (κ1) is 8.31. The Labute approximate surface area is 88.2 Å². The summed E-state index contributed by atoms with van der Waals surface area (Å²) in [5.74, 6) is 0.390. The van der Waals surface area contributed by atoms with E-state index in [1.54, 1.807) is 11.3 Å². The van der Waals surface area contributed by atoms with Crippen LogP contribution in [0.2, 0.25) is 0 Å². The number of hydrogen-bond acceptors (Lipinski definition) is 2. The Bertz CT molecular complexity index is 433. The van der Waals surface area contributed by atoms with E-state index in [9.17, 15) is 5.11 Å². The molecule has 0 radical (unpaired) electrons. The maximum Gasteiger partial charge on any atom is 0.125 e. The second kappa shape index (κ2) is 2.88. The summed E-state index contributed by atoms with van der Waals surface area (Å²) in [6.07, 6.45) is 0. The van der Waals surface area contributed by atoms with E-state index in [2.05, 4.69) is 29.5 Å². The number of rotatable bonds is 0. The Kier molecular flexibility index (Phi) is 2.00. The summed E-state index contributed by atoms with van der Waals surface area (Å²) < 4.78 is 2.32. The van der Waals surface area contributed by atoms with Gasteiger partial charge in [0.15, 0.2) is 0 Å². The lowest BCUT2D eigenvalue weighted by Crippen LogP contribution is -1.79. The molecule has 0 atom stereocenters. The van der Waals surface area contributed by atoms with Gasteiger partial charge < -0.3 is 5.11 Å². The highest BCUT2D eigenvalue weighted by Gasteiger charge is 2.06. The first-order valence-corrected chi connectivity index (χ1v) is 5.51. The molecule has 1 nitrogen and oxygen atoms in total. The molecule has 1 heterocycles. The first-order chi connectivity index (χ1) is 5.70. The number of benzene rings is 1.